The van der Waals surface area contributed by atoms with Crippen molar-refractivity contribution in [3.63, 3.8) is 0 Å². The molecule has 2 nitrogen and oxygen atoms in total. The Hall–Kier alpha value is -1.10. The van der Waals surface area contributed by atoms with Crippen molar-refractivity contribution in [2.75, 3.05) is 6.16 Å². The van der Waals surface area contributed by atoms with E-state index in [0.717, 1.165) is 6.42 Å². The van der Waals surface area contributed by atoms with Crippen LogP contribution in [0.4, 0.5) is 0 Å². The molecule has 1 unspecified atom stereocenters. The number of hydrogen-bond donors (Lipinski definition) is 2. The van der Waals surface area contributed by atoms with Crippen LogP contribution in [0.2, 0.25) is 0 Å². The molecule has 2 N–H and O–H groups in total. The van der Waals surface area contributed by atoms with E-state index < -0.39 is 0 Å². The van der Waals surface area contributed by atoms with Gasteiger partial charge in [0, 0.05) is 23.8 Å². The van der Waals surface area contributed by atoms with Gasteiger partial charge in [0.05, 0.1) is 5.16 Å². The average molecular weight is 429 g/mol. The summed E-state index contributed by atoms with van der Waals surface area (Å²) in [6.07, 6.45) is 13.5. The predicted molar refractivity (Wildman–Crippen MR) is 133 cm³/mol. The summed E-state index contributed by atoms with van der Waals surface area (Å²) in [7, 11) is 3.00. The number of aromatic amines is 2. The van der Waals surface area contributed by atoms with Crippen molar-refractivity contribution in [3.8, 4) is 0 Å². The molecule has 0 aliphatic heterocycles. The molecule has 0 amide bonds. The molecule has 1 aliphatic rings. The molecule has 1 aliphatic carbocycles. The first-order valence-electron chi connectivity index (χ1n) is 10.9. The van der Waals surface area contributed by atoms with Crippen LogP contribution in [0.1, 0.15) is 72.2 Å². The van der Waals surface area contributed by atoms with Gasteiger partial charge in [-0.05, 0) is 71.1 Å². The van der Waals surface area contributed by atoms with Gasteiger partial charge in [0.2, 0.25) is 0 Å². The van der Waals surface area contributed by atoms with Gasteiger partial charge in [0.25, 0.3) is 0 Å². The average Bonchev–Trinajstić information content (AvgIpc) is 3.47. The molecular formula is C25H38N2P2. The Labute approximate surface area is 181 Å². The first-order valence-corrected chi connectivity index (χ1v) is 13.0. The highest BCUT2D eigenvalue weighted by molar-refractivity contribution is 7.61. The molecule has 1 atom stereocenters. The van der Waals surface area contributed by atoms with Crippen LogP contribution in [0.15, 0.2) is 60.0 Å². The standard InChI is InChI=1S/C25H38N2P2/c1-7-23(3,4)29(24(5,6)8-2)18-19-12-9-13-20(19)25(28,21-14-10-16-26-21)22-15-11-17-27-22/h9-12,14-17,26-27H,7-8,13,18,28H2,1-6H3. The lowest BCUT2D eigenvalue weighted by Crippen LogP contribution is -2.31. The van der Waals surface area contributed by atoms with Gasteiger partial charge in [0.1, 0.15) is 0 Å². The van der Waals surface area contributed by atoms with Gasteiger partial charge in [-0.2, -0.15) is 0 Å². The van der Waals surface area contributed by atoms with Crippen molar-refractivity contribution < 1.29 is 0 Å². The van der Waals surface area contributed by atoms with Gasteiger partial charge in [0.15, 0.2) is 0 Å². The van der Waals surface area contributed by atoms with Crippen LogP contribution in [-0.4, -0.2) is 26.4 Å². The molecule has 2 heterocycles. The number of aromatic nitrogens is 2. The molecule has 2 aromatic heterocycles. The number of rotatable bonds is 9. The largest absolute Gasteiger partial charge is 0.364 e. The minimum Gasteiger partial charge on any atom is -0.364 e. The summed E-state index contributed by atoms with van der Waals surface area (Å²) in [4.78, 5) is 7.00. The van der Waals surface area contributed by atoms with E-state index in [1.54, 1.807) is 5.57 Å². The van der Waals surface area contributed by atoms with Gasteiger partial charge < -0.3 is 9.97 Å². The third kappa shape index (κ3) is 4.22. The fraction of sp³-hybridized carbons (Fsp3) is 0.520. The normalized spacial score (nSPS) is 15.7. The Kier molecular flexibility index (Phi) is 6.67. The van der Waals surface area contributed by atoms with Crippen LogP contribution in [-0.2, 0) is 5.16 Å². The monoisotopic (exact) mass is 428 g/mol. The molecular weight excluding hydrogens is 390 g/mol. The van der Waals surface area contributed by atoms with E-state index in [2.05, 4.69) is 97.2 Å². The van der Waals surface area contributed by atoms with Crippen LogP contribution in [0.3, 0.4) is 0 Å². The molecule has 0 saturated carbocycles. The van der Waals surface area contributed by atoms with E-state index in [1.807, 2.05) is 12.4 Å². The Balaban J connectivity index is 2.10. The van der Waals surface area contributed by atoms with E-state index in [0.29, 0.717) is 10.3 Å². The summed E-state index contributed by atoms with van der Waals surface area (Å²) >= 11 is 0. The molecule has 29 heavy (non-hydrogen) atoms. The number of nitrogens with one attached hydrogen (secondary N) is 2. The molecule has 3 rings (SSSR count). The van der Waals surface area contributed by atoms with Gasteiger partial charge in [-0.15, -0.1) is 9.24 Å². The van der Waals surface area contributed by atoms with E-state index in [1.165, 1.54) is 36.0 Å². The number of hydrogen-bond acceptors (Lipinski definition) is 0. The Bertz CT molecular complexity index is 805. The maximum absolute atomic E-state index is 3.50. The first-order chi connectivity index (χ1) is 13.7. The molecule has 4 heteroatoms. The second-order valence-electron chi connectivity index (χ2n) is 9.50. The zero-order valence-electron chi connectivity index (χ0n) is 19.0. The van der Waals surface area contributed by atoms with E-state index >= 15 is 0 Å². The minimum atomic E-state index is -0.237. The van der Waals surface area contributed by atoms with Crippen molar-refractivity contribution in [1.29, 1.82) is 0 Å². The summed E-state index contributed by atoms with van der Waals surface area (Å²) in [5.74, 6) is 0. The Morgan fingerprint density at radius 1 is 0.931 bits per heavy atom. The topological polar surface area (TPSA) is 31.6 Å². The van der Waals surface area contributed by atoms with Crippen molar-refractivity contribution >= 4 is 17.2 Å². The van der Waals surface area contributed by atoms with Crippen LogP contribution in [0.25, 0.3) is 0 Å². The maximum atomic E-state index is 3.50. The third-order valence-electron chi connectivity index (χ3n) is 7.07. The first kappa shape index (κ1) is 22.6. The fourth-order valence-electron chi connectivity index (χ4n) is 4.53. The highest BCUT2D eigenvalue weighted by Gasteiger charge is 2.42. The molecule has 0 fully saturated rings. The summed E-state index contributed by atoms with van der Waals surface area (Å²) in [5, 5.41) is 0.497. The van der Waals surface area contributed by atoms with Crippen molar-refractivity contribution in [1.82, 2.24) is 9.97 Å². The summed E-state index contributed by atoms with van der Waals surface area (Å²) in [5.41, 5.74) is 5.52. The Morgan fingerprint density at radius 3 is 1.86 bits per heavy atom. The van der Waals surface area contributed by atoms with Crippen LogP contribution < -0.4 is 0 Å². The maximum Gasteiger partial charge on any atom is 0.0858 e. The van der Waals surface area contributed by atoms with Gasteiger partial charge >= 0.3 is 0 Å². The molecule has 0 saturated heterocycles. The zero-order valence-corrected chi connectivity index (χ0v) is 21.0. The van der Waals surface area contributed by atoms with Crippen LogP contribution in [0, 0.1) is 0 Å². The molecule has 158 valence electrons. The lowest BCUT2D eigenvalue weighted by Gasteiger charge is -2.46. The second-order valence-corrected chi connectivity index (χ2v) is 14.0. The van der Waals surface area contributed by atoms with Crippen molar-refractivity contribution in [3.05, 3.63) is 71.3 Å². The summed E-state index contributed by atoms with van der Waals surface area (Å²) < 4.78 is 0. The van der Waals surface area contributed by atoms with Gasteiger partial charge in [-0.1, -0.05) is 61.6 Å². The fourth-order valence-corrected chi connectivity index (χ4v) is 9.09. The van der Waals surface area contributed by atoms with Gasteiger partial charge in [-0.3, -0.25) is 0 Å². The molecule has 0 radical (unpaired) electrons. The summed E-state index contributed by atoms with van der Waals surface area (Å²) in [6.45, 7) is 14.7. The van der Waals surface area contributed by atoms with E-state index in [4.69, 9.17) is 0 Å². The quantitative estimate of drug-likeness (QED) is 0.386. The molecule has 0 spiro atoms. The van der Waals surface area contributed by atoms with Crippen molar-refractivity contribution in [2.24, 2.45) is 0 Å². The molecule has 0 bridgehead atoms. The zero-order chi connectivity index (χ0) is 21.3. The smallest absolute Gasteiger partial charge is 0.0858 e. The highest BCUT2D eigenvalue weighted by Crippen LogP contribution is 2.64. The van der Waals surface area contributed by atoms with Crippen molar-refractivity contribution in [2.45, 2.75) is 76.3 Å². The van der Waals surface area contributed by atoms with Crippen LogP contribution in [0.5, 0.6) is 0 Å². The third-order valence-corrected chi connectivity index (χ3v) is 12.3. The van der Waals surface area contributed by atoms with E-state index in [9.17, 15) is 0 Å². The van der Waals surface area contributed by atoms with E-state index in [-0.39, 0.29) is 13.1 Å². The lowest BCUT2D eigenvalue weighted by molar-refractivity contribution is 0.603. The molecule has 2 aromatic rings. The molecule has 0 aromatic carbocycles. The summed E-state index contributed by atoms with van der Waals surface area (Å²) in [6, 6.07) is 8.64. The number of H-pyrrole nitrogens is 2. The minimum absolute atomic E-state index is 0.186. The highest BCUT2D eigenvalue weighted by atomic mass is 31.1. The SMILES string of the molecule is CCC(C)(C)P(CC1=C(C(P)(c2ccc[nH]2)c2ccc[nH]2)CC=C1)C(C)(C)CC. The number of allylic oxidation sites excluding steroid dienone is 4. The lowest BCUT2D eigenvalue weighted by atomic mass is 9.88. The van der Waals surface area contributed by atoms with Gasteiger partial charge in [-0.25, -0.2) is 0 Å². The second kappa shape index (κ2) is 8.56. The van der Waals surface area contributed by atoms with Crippen LogP contribution >= 0.6 is 17.2 Å². The predicted octanol–water partition coefficient (Wildman–Crippen LogP) is 7.58. The Morgan fingerprint density at radius 2 is 1.45 bits per heavy atom.